The normalized spacial score (nSPS) is 10.2. The summed E-state index contributed by atoms with van der Waals surface area (Å²) in [5, 5.41) is 5.97. The van der Waals surface area contributed by atoms with Gasteiger partial charge in [0.15, 0.2) is 0 Å². The maximum absolute atomic E-state index is 12.0. The molecule has 1 aromatic heterocycles. The smallest absolute Gasteiger partial charge is 0.253 e. The first-order chi connectivity index (χ1) is 9.61. The number of nitrogens with one attached hydrogen (secondary N) is 2. The molecule has 0 spiro atoms. The molecule has 2 rings (SSSR count). The minimum atomic E-state index is -0.146. The number of para-hydroxylation sites is 1. The van der Waals surface area contributed by atoms with Gasteiger partial charge in [-0.05, 0) is 46.6 Å². The number of amides is 1. The minimum absolute atomic E-state index is 0.131. The number of nitrogens with zero attached hydrogens (tertiary/aromatic N) is 2. The predicted molar refractivity (Wildman–Crippen MR) is 82.5 cm³/mol. The van der Waals surface area contributed by atoms with Gasteiger partial charge in [0.25, 0.3) is 5.91 Å². The number of carbonyl (C=O) groups excluding carboxylic acids is 1. The quantitative estimate of drug-likeness (QED) is 0.825. The molecule has 0 aliphatic rings. The number of rotatable bonds is 4. The third-order valence-corrected chi connectivity index (χ3v) is 3.24. The van der Waals surface area contributed by atoms with Crippen LogP contribution in [0.2, 0.25) is 5.28 Å². The van der Waals surface area contributed by atoms with Gasteiger partial charge in [-0.1, -0.05) is 12.1 Å². The Balaban J connectivity index is 2.34. The van der Waals surface area contributed by atoms with Gasteiger partial charge in [0.2, 0.25) is 5.28 Å². The highest BCUT2D eigenvalue weighted by Gasteiger charge is 2.12. The summed E-state index contributed by atoms with van der Waals surface area (Å²) in [6, 6.07) is 7.18. The molecule has 0 unspecified atom stereocenters. The van der Waals surface area contributed by atoms with Crippen LogP contribution in [0.25, 0.3) is 0 Å². The van der Waals surface area contributed by atoms with Gasteiger partial charge in [0.1, 0.15) is 5.82 Å². The monoisotopic (exact) mass is 354 g/mol. The summed E-state index contributed by atoms with van der Waals surface area (Å²) in [6.45, 7) is 2.44. The maximum Gasteiger partial charge on any atom is 0.253 e. The van der Waals surface area contributed by atoms with Gasteiger partial charge in [-0.25, -0.2) is 4.98 Å². The lowest BCUT2D eigenvalue weighted by Gasteiger charge is -2.12. The fourth-order valence-corrected chi connectivity index (χ4v) is 2.03. The summed E-state index contributed by atoms with van der Waals surface area (Å²) < 4.78 is 0.660. The highest BCUT2D eigenvalue weighted by atomic mass is 79.9. The number of hydrogen-bond donors (Lipinski definition) is 2. The Hall–Kier alpha value is -1.66. The van der Waals surface area contributed by atoms with E-state index in [-0.39, 0.29) is 11.2 Å². The summed E-state index contributed by atoms with van der Waals surface area (Å²) in [6.07, 6.45) is 1.55. The van der Waals surface area contributed by atoms with E-state index in [1.807, 2.05) is 13.0 Å². The molecular weight excluding hydrogens is 344 g/mol. The van der Waals surface area contributed by atoms with Crippen molar-refractivity contribution >= 4 is 44.9 Å². The van der Waals surface area contributed by atoms with Gasteiger partial charge >= 0.3 is 0 Å². The highest BCUT2D eigenvalue weighted by Crippen LogP contribution is 2.26. The Morgan fingerprint density at radius 3 is 2.90 bits per heavy atom. The van der Waals surface area contributed by atoms with Crippen LogP contribution in [-0.4, -0.2) is 22.4 Å². The van der Waals surface area contributed by atoms with Crippen molar-refractivity contribution in [2.24, 2.45) is 0 Å². The molecule has 1 amide bonds. The number of anilines is 2. The van der Waals surface area contributed by atoms with E-state index in [9.17, 15) is 4.79 Å². The average Bonchev–Trinajstić information content (AvgIpc) is 2.44. The molecule has 5 nitrogen and oxygen atoms in total. The first-order valence-corrected chi connectivity index (χ1v) is 7.11. The zero-order valence-electron chi connectivity index (χ0n) is 10.7. The number of halogens is 2. The van der Waals surface area contributed by atoms with Crippen LogP contribution in [0.1, 0.15) is 17.3 Å². The summed E-state index contributed by atoms with van der Waals surface area (Å²) in [4.78, 5) is 19.9. The molecule has 1 heterocycles. The van der Waals surface area contributed by atoms with Crippen LogP contribution in [0.4, 0.5) is 11.5 Å². The Morgan fingerprint density at radius 1 is 1.40 bits per heavy atom. The van der Waals surface area contributed by atoms with Crippen molar-refractivity contribution in [1.82, 2.24) is 15.3 Å². The molecule has 1 aromatic carbocycles. The van der Waals surface area contributed by atoms with Gasteiger partial charge < -0.3 is 10.6 Å². The standard InChI is InChI=1S/C13H12BrClN4O/c1-2-16-12(20)8-5-3-4-6-10(8)18-11-9(14)7-17-13(15)19-11/h3-7H,2H2,1H3,(H,16,20)(H,17,18,19). The first-order valence-electron chi connectivity index (χ1n) is 5.94. The van der Waals surface area contributed by atoms with Gasteiger partial charge in [0, 0.05) is 12.7 Å². The van der Waals surface area contributed by atoms with E-state index in [0.29, 0.717) is 28.1 Å². The highest BCUT2D eigenvalue weighted by molar-refractivity contribution is 9.10. The molecule has 7 heteroatoms. The molecule has 0 radical (unpaired) electrons. The van der Waals surface area contributed by atoms with Crippen molar-refractivity contribution in [1.29, 1.82) is 0 Å². The van der Waals surface area contributed by atoms with Crippen LogP contribution >= 0.6 is 27.5 Å². The van der Waals surface area contributed by atoms with Crippen LogP contribution in [0, 0.1) is 0 Å². The molecule has 0 bridgehead atoms. The van der Waals surface area contributed by atoms with Crippen molar-refractivity contribution in [3.05, 3.63) is 45.8 Å². The molecule has 0 fully saturated rings. The Kier molecular flexibility index (Phi) is 4.92. The molecule has 104 valence electrons. The zero-order valence-corrected chi connectivity index (χ0v) is 13.0. The first kappa shape index (κ1) is 14.7. The van der Waals surface area contributed by atoms with E-state index in [2.05, 4.69) is 36.5 Å². The van der Waals surface area contributed by atoms with E-state index < -0.39 is 0 Å². The van der Waals surface area contributed by atoms with Crippen LogP contribution < -0.4 is 10.6 Å². The second-order valence-electron chi connectivity index (χ2n) is 3.87. The van der Waals surface area contributed by atoms with E-state index >= 15 is 0 Å². The topological polar surface area (TPSA) is 66.9 Å². The fraction of sp³-hybridized carbons (Fsp3) is 0.154. The molecule has 0 atom stereocenters. The lowest BCUT2D eigenvalue weighted by Crippen LogP contribution is -2.23. The number of aromatic nitrogens is 2. The Morgan fingerprint density at radius 2 is 2.15 bits per heavy atom. The lowest BCUT2D eigenvalue weighted by molar-refractivity contribution is 0.0956. The SMILES string of the molecule is CCNC(=O)c1ccccc1Nc1nc(Cl)ncc1Br. The largest absolute Gasteiger partial charge is 0.352 e. The van der Waals surface area contributed by atoms with Crippen molar-refractivity contribution in [2.75, 3.05) is 11.9 Å². The van der Waals surface area contributed by atoms with Gasteiger partial charge in [-0.2, -0.15) is 4.98 Å². The van der Waals surface area contributed by atoms with E-state index in [0.717, 1.165) is 0 Å². The second kappa shape index (κ2) is 6.67. The zero-order chi connectivity index (χ0) is 14.5. The maximum atomic E-state index is 12.0. The van der Waals surface area contributed by atoms with Gasteiger partial charge in [-0.3, -0.25) is 4.79 Å². The van der Waals surface area contributed by atoms with E-state index in [1.165, 1.54) is 0 Å². The van der Waals surface area contributed by atoms with Crippen LogP contribution in [-0.2, 0) is 0 Å². The predicted octanol–water partition coefficient (Wildman–Crippen LogP) is 3.39. The van der Waals surface area contributed by atoms with Crippen molar-refractivity contribution < 1.29 is 4.79 Å². The lowest BCUT2D eigenvalue weighted by atomic mass is 10.1. The van der Waals surface area contributed by atoms with Crippen LogP contribution in [0.15, 0.2) is 34.9 Å². The fourth-order valence-electron chi connectivity index (χ4n) is 1.61. The van der Waals surface area contributed by atoms with Gasteiger partial charge in [0.05, 0.1) is 15.7 Å². The molecule has 20 heavy (non-hydrogen) atoms. The third kappa shape index (κ3) is 3.46. The summed E-state index contributed by atoms with van der Waals surface area (Å²) >= 11 is 9.11. The van der Waals surface area contributed by atoms with Crippen molar-refractivity contribution in [2.45, 2.75) is 6.92 Å². The Bertz CT molecular complexity index is 636. The van der Waals surface area contributed by atoms with E-state index in [4.69, 9.17) is 11.6 Å². The second-order valence-corrected chi connectivity index (χ2v) is 5.06. The van der Waals surface area contributed by atoms with E-state index in [1.54, 1.807) is 24.4 Å². The van der Waals surface area contributed by atoms with Gasteiger partial charge in [-0.15, -0.1) is 0 Å². The number of hydrogen-bond acceptors (Lipinski definition) is 4. The molecule has 2 N–H and O–H groups in total. The molecule has 0 saturated heterocycles. The Labute approximate surface area is 129 Å². The van der Waals surface area contributed by atoms with Crippen molar-refractivity contribution in [3.63, 3.8) is 0 Å². The number of benzene rings is 1. The molecule has 0 aliphatic heterocycles. The molecular formula is C13H12BrClN4O. The summed E-state index contributed by atoms with van der Waals surface area (Å²) in [5.74, 6) is 0.355. The average molecular weight is 356 g/mol. The summed E-state index contributed by atoms with van der Waals surface area (Å²) in [7, 11) is 0. The number of carbonyl (C=O) groups is 1. The van der Waals surface area contributed by atoms with Crippen LogP contribution in [0.3, 0.4) is 0 Å². The van der Waals surface area contributed by atoms with Crippen molar-refractivity contribution in [3.8, 4) is 0 Å². The molecule has 0 aliphatic carbocycles. The minimum Gasteiger partial charge on any atom is -0.352 e. The molecule has 0 saturated carbocycles. The third-order valence-electron chi connectivity index (χ3n) is 2.48. The molecule has 2 aromatic rings. The van der Waals surface area contributed by atoms with Crippen LogP contribution in [0.5, 0.6) is 0 Å². The summed E-state index contributed by atoms with van der Waals surface area (Å²) in [5.41, 5.74) is 1.19.